The van der Waals surface area contributed by atoms with Crippen molar-refractivity contribution in [1.29, 1.82) is 0 Å². The van der Waals surface area contributed by atoms with E-state index in [4.69, 9.17) is 32.8 Å². The number of hydrogen-bond acceptors (Lipinski definition) is 8. The second-order valence-corrected chi connectivity index (χ2v) is 20.9. The van der Waals surface area contributed by atoms with Crippen molar-refractivity contribution >= 4 is 24.5 Å². The van der Waals surface area contributed by atoms with Crippen LogP contribution in [0.5, 0.6) is 0 Å². The van der Waals surface area contributed by atoms with Crippen LogP contribution in [0.4, 0.5) is 0 Å². The number of fused-ring (bicyclic) bond motifs is 2. The van der Waals surface area contributed by atoms with E-state index in [1.807, 2.05) is 30.3 Å². The number of Topliss-reactive ketones (excluding diaryl/α,β-unsaturated/α-hetero) is 1. The van der Waals surface area contributed by atoms with Gasteiger partial charge in [0.25, 0.3) is 8.32 Å². The minimum absolute atomic E-state index is 0.0289. The maximum atomic E-state index is 13.1. The summed E-state index contributed by atoms with van der Waals surface area (Å²) in [6.45, 7) is 14.2. The smallest absolute Gasteiger partial charge is 0.261 e. The molecule has 7 rings (SSSR count). The summed E-state index contributed by atoms with van der Waals surface area (Å²) in [7, 11) is -2.80. The molecule has 3 aromatic carbocycles. The topological polar surface area (TPSA) is 81.7 Å². The first-order valence-corrected chi connectivity index (χ1v) is 21.0. The molecule has 4 aliphatic rings. The fourth-order valence-corrected chi connectivity index (χ4v) is 13.5. The van der Waals surface area contributed by atoms with Crippen molar-refractivity contribution in [2.24, 2.45) is 0 Å². The fraction of sp³-hybridized carbons (Fsp3) is 0.558. The lowest BCUT2D eigenvalue weighted by molar-refractivity contribution is -0.367. The van der Waals surface area contributed by atoms with Crippen LogP contribution >= 0.6 is 0 Å². The van der Waals surface area contributed by atoms with Gasteiger partial charge in [-0.2, -0.15) is 0 Å². The van der Waals surface area contributed by atoms with Gasteiger partial charge in [-0.1, -0.05) is 112 Å². The number of rotatable bonds is 10. The summed E-state index contributed by atoms with van der Waals surface area (Å²) in [5.74, 6) is -0.0289. The summed E-state index contributed by atoms with van der Waals surface area (Å²) in [6, 6.07) is 31.4. The second kappa shape index (κ2) is 15.2. The lowest BCUT2D eigenvalue weighted by Crippen LogP contribution is -2.68. The lowest BCUT2D eigenvalue weighted by Gasteiger charge is -2.56. The van der Waals surface area contributed by atoms with Gasteiger partial charge in [-0.3, -0.25) is 4.79 Å². The molecule has 4 saturated heterocycles. The van der Waals surface area contributed by atoms with E-state index in [0.717, 1.165) is 18.4 Å². The first-order valence-electron chi connectivity index (χ1n) is 19.1. The van der Waals surface area contributed by atoms with Gasteiger partial charge >= 0.3 is 0 Å². The van der Waals surface area contributed by atoms with Gasteiger partial charge < -0.3 is 32.8 Å². The van der Waals surface area contributed by atoms with E-state index in [1.54, 1.807) is 6.92 Å². The Bertz CT molecular complexity index is 1590. The Morgan fingerprint density at radius 1 is 0.846 bits per heavy atom. The van der Waals surface area contributed by atoms with Gasteiger partial charge in [-0.05, 0) is 49.0 Å². The Morgan fingerprint density at radius 2 is 1.48 bits per heavy atom. The first kappa shape index (κ1) is 37.6. The molecule has 0 N–H and O–H groups in total. The largest absolute Gasteiger partial charge is 0.407 e. The number of benzene rings is 3. The first-order chi connectivity index (χ1) is 24.9. The normalized spacial score (nSPS) is 33.8. The van der Waals surface area contributed by atoms with Crippen LogP contribution in [0, 0.1) is 0 Å². The minimum atomic E-state index is -2.80. The summed E-state index contributed by atoms with van der Waals surface area (Å²) in [4.78, 5) is 13.1. The molecule has 4 aliphatic heterocycles. The molecule has 9 heteroatoms. The van der Waals surface area contributed by atoms with Gasteiger partial charge in [-0.15, -0.1) is 0 Å². The van der Waals surface area contributed by atoms with Crippen LogP contribution in [0.3, 0.4) is 0 Å². The van der Waals surface area contributed by atoms with Gasteiger partial charge in [0.05, 0.1) is 42.7 Å². The van der Waals surface area contributed by atoms with E-state index in [0.29, 0.717) is 39.1 Å². The van der Waals surface area contributed by atoms with Crippen molar-refractivity contribution < 1.29 is 37.6 Å². The third kappa shape index (κ3) is 7.36. The predicted octanol–water partition coefficient (Wildman–Crippen LogP) is 6.68. The van der Waals surface area contributed by atoms with Gasteiger partial charge in [0, 0.05) is 38.0 Å². The lowest BCUT2D eigenvalue weighted by atomic mass is 9.80. The van der Waals surface area contributed by atoms with Crippen molar-refractivity contribution in [3.8, 4) is 0 Å². The molecular formula is C43H56O8Si. The molecule has 0 bridgehead atoms. The van der Waals surface area contributed by atoms with Gasteiger partial charge in [-0.25, -0.2) is 0 Å². The zero-order valence-corrected chi connectivity index (χ0v) is 32.6. The Kier molecular flexibility index (Phi) is 11.0. The van der Waals surface area contributed by atoms with Crippen LogP contribution in [0.1, 0.15) is 85.5 Å². The molecule has 3 aromatic rings. The molecule has 0 saturated carbocycles. The zero-order chi connectivity index (χ0) is 36.6. The molecule has 0 radical (unpaired) electrons. The number of ketones is 1. The van der Waals surface area contributed by atoms with E-state index in [-0.39, 0.29) is 29.1 Å². The monoisotopic (exact) mass is 728 g/mol. The molecule has 0 aliphatic carbocycles. The second-order valence-electron chi connectivity index (χ2n) is 16.6. The third-order valence-electron chi connectivity index (χ3n) is 11.7. The number of carbonyl (C=O) groups is 1. The van der Waals surface area contributed by atoms with Crippen LogP contribution < -0.4 is 10.4 Å². The zero-order valence-electron chi connectivity index (χ0n) is 31.6. The highest BCUT2D eigenvalue weighted by atomic mass is 28.4. The molecular weight excluding hydrogens is 673 g/mol. The maximum absolute atomic E-state index is 13.1. The Morgan fingerprint density at radius 3 is 2.10 bits per heavy atom. The van der Waals surface area contributed by atoms with Crippen LogP contribution in [0.15, 0.2) is 91.0 Å². The van der Waals surface area contributed by atoms with Gasteiger partial charge in [0.15, 0.2) is 12.1 Å². The molecule has 8 nitrogen and oxygen atoms in total. The molecule has 52 heavy (non-hydrogen) atoms. The third-order valence-corrected chi connectivity index (χ3v) is 16.8. The van der Waals surface area contributed by atoms with E-state index in [1.165, 1.54) is 10.4 Å². The highest BCUT2D eigenvalue weighted by Crippen LogP contribution is 2.47. The highest BCUT2D eigenvalue weighted by molar-refractivity contribution is 6.99. The van der Waals surface area contributed by atoms with E-state index in [9.17, 15) is 4.79 Å². The SMILES string of the molecule is CC(=O)[C@H]1O[C@H]2CCCO[C@@H]2C[C@@H]1O[C@@H]1CC2O[C@H](c3ccccc3)OC[C@@]2(C)O[C@@]1(C)CCO[Si](c1ccccc1)(c1ccccc1)C(C)(C)C. The van der Waals surface area contributed by atoms with Crippen molar-refractivity contribution in [2.75, 3.05) is 19.8 Å². The van der Waals surface area contributed by atoms with Crippen molar-refractivity contribution in [1.82, 2.24) is 0 Å². The predicted molar refractivity (Wildman–Crippen MR) is 202 cm³/mol. The van der Waals surface area contributed by atoms with Crippen LogP contribution in [0.2, 0.25) is 5.04 Å². The molecule has 4 heterocycles. The number of ether oxygens (including phenoxy) is 6. The van der Waals surface area contributed by atoms with Crippen LogP contribution in [-0.2, 0) is 37.6 Å². The Labute approximate surface area is 310 Å². The van der Waals surface area contributed by atoms with Crippen molar-refractivity contribution in [3.05, 3.63) is 96.6 Å². The van der Waals surface area contributed by atoms with Crippen molar-refractivity contribution in [3.63, 3.8) is 0 Å². The summed E-state index contributed by atoms with van der Waals surface area (Å²) >= 11 is 0. The van der Waals surface area contributed by atoms with E-state index < -0.39 is 44.1 Å². The fourth-order valence-electron chi connectivity index (χ4n) is 8.99. The number of hydrogen-bond donors (Lipinski definition) is 0. The molecule has 4 fully saturated rings. The quantitative estimate of drug-likeness (QED) is 0.214. The number of carbonyl (C=O) groups excluding carboxylic acids is 1. The minimum Gasteiger partial charge on any atom is -0.407 e. The van der Waals surface area contributed by atoms with E-state index in [2.05, 4.69) is 95.3 Å². The highest BCUT2D eigenvalue weighted by Gasteiger charge is 2.58. The van der Waals surface area contributed by atoms with E-state index >= 15 is 0 Å². The molecule has 1 unspecified atom stereocenters. The summed E-state index contributed by atoms with van der Waals surface area (Å²) in [5.41, 5.74) is -0.557. The van der Waals surface area contributed by atoms with Gasteiger partial charge in [0.2, 0.25) is 0 Å². The molecule has 0 spiro atoms. The summed E-state index contributed by atoms with van der Waals surface area (Å²) < 4.78 is 47.4. The molecule has 0 amide bonds. The molecule has 280 valence electrons. The van der Waals surface area contributed by atoms with Gasteiger partial charge in [0.1, 0.15) is 11.7 Å². The average molecular weight is 729 g/mol. The van der Waals surface area contributed by atoms with Crippen molar-refractivity contribution in [2.45, 2.75) is 133 Å². The van der Waals surface area contributed by atoms with Crippen LogP contribution in [-0.4, -0.2) is 81.7 Å². The average Bonchev–Trinajstić information content (AvgIpc) is 3.14. The molecule has 9 atom stereocenters. The Hall–Kier alpha value is -2.73. The summed E-state index contributed by atoms with van der Waals surface area (Å²) in [6.07, 6.45) is 0.977. The van der Waals surface area contributed by atoms with Crippen LogP contribution in [0.25, 0.3) is 0 Å². The Balaban J connectivity index is 1.19. The maximum Gasteiger partial charge on any atom is 0.261 e. The standard InChI is InChI=1S/C43H56O8Si/c1-30(44)39-36(27-35-34(49-39)23-16-25-45-35)48-37-28-38-43(6,29-46-40(50-38)31-17-10-7-11-18-31)51-42(37,5)24-26-47-52(41(2,3)4,32-19-12-8-13-20-32)33-21-14-9-15-22-33/h7-15,17-22,34-40H,16,23-29H2,1-6H3/t34-,35+,36-,37+,38?,39+,40+,42-,43+/m0/s1. The summed E-state index contributed by atoms with van der Waals surface area (Å²) in [5, 5.41) is 2.30. The molecule has 0 aromatic heterocycles.